The van der Waals surface area contributed by atoms with E-state index in [0.29, 0.717) is 11.3 Å². The fourth-order valence-corrected chi connectivity index (χ4v) is 0.788. The van der Waals surface area contributed by atoms with Gasteiger partial charge in [0.1, 0.15) is 0 Å². The Balaban J connectivity index is 2.53. The van der Waals surface area contributed by atoms with Gasteiger partial charge in [-0.2, -0.15) is 4.73 Å². The molecule has 0 bridgehead atoms. The monoisotopic (exact) mass is 166 g/mol. The maximum Gasteiger partial charge on any atom is 0.217 e. The lowest BCUT2D eigenvalue weighted by atomic mass is 10.3. The van der Waals surface area contributed by atoms with Crippen molar-refractivity contribution in [3.8, 4) is 0 Å². The molecule has 1 aromatic rings. The van der Waals surface area contributed by atoms with E-state index in [0.717, 1.165) is 5.56 Å². The zero-order valence-corrected chi connectivity index (χ0v) is 6.78. The lowest BCUT2D eigenvalue weighted by Crippen LogP contribution is -2.25. The van der Waals surface area contributed by atoms with Crippen LogP contribution in [0.4, 0.5) is 0 Å². The summed E-state index contributed by atoms with van der Waals surface area (Å²) in [6.45, 7) is 1.92. The van der Waals surface area contributed by atoms with Crippen molar-refractivity contribution in [3.05, 3.63) is 35.3 Å². The van der Waals surface area contributed by atoms with E-state index in [4.69, 9.17) is 0 Å². The largest absolute Gasteiger partial charge is 0.619 e. The Morgan fingerprint density at radius 1 is 1.58 bits per heavy atom. The van der Waals surface area contributed by atoms with E-state index in [1.807, 2.05) is 0 Å². The summed E-state index contributed by atoms with van der Waals surface area (Å²) in [5.41, 5.74) is 0.914. The number of hydrogen-bond donors (Lipinski definition) is 1. The average molecular weight is 166 g/mol. The van der Waals surface area contributed by atoms with Gasteiger partial charge in [-0.15, -0.1) is 0 Å². The standard InChI is InChI=1S/C8H10N2O2/c1-7(11)9-6-8-2-4-10(12)5-3-8/h2-5H,6H2,1H3,(H,9,11). The number of aromatic nitrogens is 1. The van der Waals surface area contributed by atoms with Crippen molar-refractivity contribution in [2.45, 2.75) is 13.5 Å². The van der Waals surface area contributed by atoms with Crippen molar-refractivity contribution in [3.63, 3.8) is 0 Å². The molecule has 1 N–H and O–H groups in total. The summed E-state index contributed by atoms with van der Waals surface area (Å²) in [4.78, 5) is 10.5. The number of pyridine rings is 1. The Kier molecular flexibility index (Phi) is 2.63. The molecule has 12 heavy (non-hydrogen) atoms. The highest BCUT2D eigenvalue weighted by Crippen LogP contribution is 1.93. The van der Waals surface area contributed by atoms with E-state index in [1.54, 1.807) is 12.1 Å². The van der Waals surface area contributed by atoms with Crippen LogP contribution in [0.3, 0.4) is 0 Å². The van der Waals surface area contributed by atoms with Crippen molar-refractivity contribution in [2.24, 2.45) is 0 Å². The number of amides is 1. The first-order chi connectivity index (χ1) is 5.68. The second-order valence-electron chi connectivity index (χ2n) is 2.48. The van der Waals surface area contributed by atoms with Crippen molar-refractivity contribution < 1.29 is 9.52 Å². The number of carbonyl (C=O) groups excluding carboxylic acids is 1. The number of carbonyl (C=O) groups is 1. The molecule has 4 heteroatoms. The fourth-order valence-electron chi connectivity index (χ4n) is 0.788. The summed E-state index contributed by atoms with van der Waals surface area (Å²) >= 11 is 0. The summed E-state index contributed by atoms with van der Waals surface area (Å²) < 4.78 is 0.706. The lowest BCUT2D eigenvalue weighted by molar-refractivity contribution is -0.605. The molecule has 0 saturated carbocycles. The number of nitrogens with zero attached hydrogens (tertiary/aromatic N) is 1. The molecule has 0 aliphatic carbocycles. The van der Waals surface area contributed by atoms with Crippen LogP contribution in [0.2, 0.25) is 0 Å². The molecule has 0 atom stereocenters. The van der Waals surface area contributed by atoms with Gasteiger partial charge in [0, 0.05) is 25.6 Å². The van der Waals surface area contributed by atoms with Crippen LogP contribution in [0.15, 0.2) is 24.5 Å². The summed E-state index contributed by atoms with van der Waals surface area (Å²) in [7, 11) is 0. The molecule has 0 spiro atoms. The van der Waals surface area contributed by atoms with E-state index in [9.17, 15) is 10.0 Å². The van der Waals surface area contributed by atoms with Crippen molar-refractivity contribution in [1.29, 1.82) is 0 Å². The van der Waals surface area contributed by atoms with Gasteiger partial charge in [0.25, 0.3) is 0 Å². The Morgan fingerprint density at radius 3 is 2.67 bits per heavy atom. The quantitative estimate of drug-likeness (QED) is 0.495. The second-order valence-corrected chi connectivity index (χ2v) is 2.48. The van der Waals surface area contributed by atoms with Crippen molar-refractivity contribution in [2.75, 3.05) is 0 Å². The minimum atomic E-state index is -0.0751. The number of hydrogen-bond acceptors (Lipinski definition) is 2. The van der Waals surface area contributed by atoms with Crippen LogP contribution < -0.4 is 10.0 Å². The highest BCUT2D eigenvalue weighted by Gasteiger charge is 1.95. The van der Waals surface area contributed by atoms with Gasteiger partial charge < -0.3 is 10.5 Å². The number of nitrogens with one attached hydrogen (secondary N) is 1. The highest BCUT2D eigenvalue weighted by molar-refractivity contribution is 5.72. The molecule has 1 aromatic heterocycles. The minimum Gasteiger partial charge on any atom is -0.619 e. The molecule has 1 rings (SSSR count). The van der Waals surface area contributed by atoms with Crippen molar-refractivity contribution in [1.82, 2.24) is 5.32 Å². The van der Waals surface area contributed by atoms with E-state index < -0.39 is 0 Å². The van der Waals surface area contributed by atoms with Gasteiger partial charge in [0.15, 0.2) is 12.4 Å². The van der Waals surface area contributed by atoms with Crippen LogP contribution in [0, 0.1) is 5.21 Å². The molecule has 0 aromatic carbocycles. The van der Waals surface area contributed by atoms with Gasteiger partial charge in [-0.05, 0) is 5.56 Å². The van der Waals surface area contributed by atoms with E-state index in [1.165, 1.54) is 19.3 Å². The Bertz CT molecular complexity index is 269. The third-order valence-electron chi connectivity index (χ3n) is 1.41. The maximum absolute atomic E-state index is 10.6. The van der Waals surface area contributed by atoms with Gasteiger partial charge in [-0.25, -0.2) is 0 Å². The molecule has 0 fully saturated rings. The fraction of sp³-hybridized carbons (Fsp3) is 0.250. The SMILES string of the molecule is CC(=O)NCc1cc[n+]([O-])cc1. The summed E-state index contributed by atoms with van der Waals surface area (Å²) in [6.07, 6.45) is 2.80. The molecule has 4 nitrogen and oxygen atoms in total. The first-order valence-electron chi connectivity index (χ1n) is 3.60. The molecule has 0 aliphatic heterocycles. The van der Waals surface area contributed by atoms with Gasteiger partial charge in [-0.3, -0.25) is 4.79 Å². The number of rotatable bonds is 2. The van der Waals surface area contributed by atoms with Crippen LogP contribution >= 0.6 is 0 Å². The van der Waals surface area contributed by atoms with Crippen LogP contribution in [0.1, 0.15) is 12.5 Å². The first kappa shape index (κ1) is 8.52. The third-order valence-corrected chi connectivity index (χ3v) is 1.41. The van der Waals surface area contributed by atoms with Gasteiger partial charge in [0.2, 0.25) is 5.91 Å². The van der Waals surface area contributed by atoms with Gasteiger partial charge in [0.05, 0.1) is 0 Å². The summed E-state index contributed by atoms with van der Waals surface area (Å²) in [5.74, 6) is -0.0751. The molecular weight excluding hydrogens is 156 g/mol. The molecule has 0 aliphatic rings. The van der Waals surface area contributed by atoms with Crippen LogP contribution in [0.25, 0.3) is 0 Å². The van der Waals surface area contributed by atoms with Crippen LogP contribution in [0.5, 0.6) is 0 Å². The molecule has 1 heterocycles. The average Bonchev–Trinajstić information content (AvgIpc) is 2.03. The minimum absolute atomic E-state index is 0.0751. The third kappa shape index (κ3) is 2.57. The molecule has 0 unspecified atom stereocenters. The Labute approximate surface area is 70.4 Å². The normalized spacial score (nSPS) is 9.42. The first-order valence-corrected chi connectivity index (χ1v) is 3.60. The van der Waals surface area contributed by atoms with E-state index in [-0.39, 0.29) is 5.91 Å². The highest BCUT2D eigenvalue weighted by atomic mass is 16.5. The molecule has 1 amide bonds. The van der Waals surface area contributed by atoms with Gasteiger partial charge >= 0.3 is 0 Å². The molecule has 64 valence electrons. The molecular formula is C8H10N2O2. The summed E-state index contributed by atoms with van der Waals surface area (Å²) in [6, 6.07) is 3.34. The van der Waals surface area contributed by atoms with E-state index in [2.05, 4.69) is 5.32 Å². The Morgan fingerprint density at radius 2 is 2.17 bits per heavy atom. The van der Waals surface area contributed by atoms with Crippen LogP contribution in [-0.2, 0) is 11.3 Å². The molecule has 0 saturated heterocycles. The predicted octanol–water partition coefficient (Wildman–Crippen LogP) is -0.0439. The Hall–Kier alpha value is -1.58. The predicted molar refractivity (Wildman–Crippen MR) is 42.9 cm³/mol. The topological polar surface area (TPSA) is 56.0 Å². The maximum atomic E-state index is 10.6. The zero-order valence-electron chi connectivity index (χ0n) is 6.78. The second kappa shape index (κ2) is 3.71. The van der Waals surface area contributed by atoms with Crippen molar-refractivity contribution >= 4 is 5.91 Å². The van der Waals surface area contributed by atoms with Crippen LogP contribution in [-0.4, -0.2) is 5.91 Å². The van der Waals surface area contributed by atoms with E-state index >= 15 is 0 Å². The zero-order chi connectivity index (χ0) is 8.97. The lowest BCUT2D eigenvalue weighted by Gasteiger charge is -2.01. The summed E-state index contributed by atoms with van der Waals surface area (Å²) in [5, 5.41) is 13.2. The van der Waals surface area contributed by atoms with Gasteiger partial charge in [-0.1, -0.05) is 0 Å². The smallest absolute Gasteiger partial charge is 0.217 e. The molecule has 0 radical (unpaired) electrons.